The fourth-order valence-corrected chi connectivity index (χ4v) is 2.97. The Morgan fingerprint density at radius 3 is 2.50 bits per heavy atom. The molecule has 0 unspecified atom stereocenters. The lowest BCUT2D eigenvalue weighted by Gasteiger charge is -2.22. The van der Waals surface area contributed by atoms with Crippen LogP contribution in [0.3, 0.4) is 0 Å². The Morgan fingerprint density at radius 1 is 1.33 bits per heavy atom. The monoisotopic (exact) mass is 312 g/mol. The first-order valence-corrected chi connectivity index (χ1v) is 6.58. The van der Waals surface area contributed by atoms with Crippen LogP contribution >= 0.6 is 15.9 Å². The van der Waals surface area contributed by atoms with E-state index in [9.17, 15) is 5.11 Å². The van der Waals surface area contributed by atoms with E-state index >= 15 is 0 Å². The van der Waals surface area contributed by atoms with E-state index in [-0.39, 0.29) is 12.0 Å². The minimum Gasteiger partial charge on any atom is -0.493 e. The number of methoxy groups -OCH3 is 1. The first kappa shape index (κ1) is 13.4. The highest BCUT2D eigenvalue weighted by Crippen LogP contribution is 2.41. The van der Waals surface area contributed by atoms with Gasteiger partial charge in [-0.3, -0.25) is 0 Å². The van der Waals surface area contributed by atoms with Crippen molar-refractivity contribution in [3.63, 3.8) is 0 Å². The number of hydrogen-bond acceptors (Lipinski definition) is 3. The summed E-state index contributed by atoms with van der Waals surface area (Å²) in [5, 5.41) is 10.1. The summed E-state index contributed by atoms with van der Waals surface area (Å²) in [5.41, 5.74) is 1.82. The van der Waals surface area contributed by atoms with E-state index in [1.807, 2.05) is 12.1 Å². The molecule has 1 N–H and O–H groups in total. The largest absolute Gasteiger partial charge is 0.493 e. The summed E-state index contributed by atoms with van der Waals surface area (Å²) >= 11 is 3.63. The van der Waals surface area contributed by atoms with Gasteiger partial charge in [0.05, 0.1) is 7.11 Å². The van der Waals surface area contributed by atoms with Crippen LogP contribution in [0.2, 0.25) is 0 Å². The highest BCUT2D eigenvalue weighted by atomic mass is 79.9. The molecule has 0 fully saturated rings. The summed E-state index contributed by atoms with van der Waals surface area (Å²) in [5.74, 6) is 1.23. The smallest absolute Gasteiger partial charge is 0.177 e. The summed E-state index contributed by atoms with van der Waals surface area (Å²) in [7, 11) is 1.62. The zero-order valence-electron chi connectivity index (χ0n) is 11.0. The van der Waals surface area contributed by atoms with E-state index < -0.39 is 0 Å². The maximum Gasteiger partial charge on any atom is 0.177 e. The molecule has 0 spiro atoms. The molecule has 0 radical (unpaired) electrons. The molecule has 1 aromatic heterocycles. The molecular formula is C14H17BrO3. The Kier molecular flexibility index (Phi) is 3.43. The van der Waals surface area contributed by atoms with E-state index in [0.29, 0.717) is 17.1 Å². The normalized spacial score (nSPS) is 12.1. The fourth-order valence-electron chi connectivity index (χ4n) is 1.97. The molecule has 3 nitrogen and oxygen atoms in total. The number of benzene rings is 1. The lowest BCUT2D eigenvalue weighted by atomic mass is 9.86. The minimum absolute atomic E-state index is 0.00302. The standard InChI is InChI=1S/C14H17BrO3/c1-14(2,3)10-6-11(17-4)13-9(12(10)15)5-8(7-16)18-13/h5-6,16H,7H2,1-4H3. The van der Waals surface area contributed by atoms with Crippen LogP contribution in [0.4, 0.5) is 0 Å². The van der Waals surface area contributed by atoms with Gasteiger partial charge in [-0.25, -0.2) is 0 Å². The Morgan fingerprint density at radius 2 is 2.00 bits per heavy atom. The molecule has 2 aromatic rings. The number of rotatable bonds is 2. The third kappa shape index (κ3) is 2.15. The number of furan rings is 1. The van der Waals surface area contributed by atoms with Crippen molar-refractivity contribution in [3.05, 3.63) is 27.9 Å². The van der Waals surface area contributed by atoms with Crippen molar-refractivity contribution in [2.75, 3.05) is 7.11 Å². The van der Waals surface area contributed by atoms with Gasteiger partial charge in [0.1, 0.15) is 12.4 Å². The summed E-state index contributed by atoms with van der Waals surface area (Å²) in [6.45, 7) is 6.32. The van der Waals surface area contributed by atoms with Crippen molar-refractivity contribution in [2.24, 2.45) is 0 Å². The van der Waals surface area contributed by atoms with Crippen molar-refractivity contribution >= 4 is 26.9 Å². The van der Waals surface area contributed by atoms with E-state index in [2.05, 4.69) is 36.7 Å². The predicted octanol–water partition coefficient (Wildman–Crippen LogP) is 3.99. The number of ether oxygens (including phenoxy) is 1. The SMILES string of the molecule is COc1cc(C(C)(C)C)c(Br)c2cc(CO)oc12. The summed E-state index contributed by atoms with van der Waals surface area (Å²) in [4.78, 5) is 0. The number of hydrogen-bond donors (Lipinski definition) is 1. The molecule has 0 saturated heterocycles. The van der Waals surface area contributed by atoms with E-state index in [1.54, 1.807) is 7.11 Å². The molecule has 0 aliphatic heterocycles. The topological polar surface area (TPSA) is 42.6 Å². The molecule has 2 rings (SSSR count). The lowest BCUT2D eigenvalue weighted by Crippen LogP contribution is -2.12. The second kappa shape index (κ2) is 4.59. The van der Waals surface area contributed by atoms with Gasteiger partial charge < -0.3 is 14.3 Å². The Hall–Kier alpha value is -1.00. The molecule has 0 saturated carbocycles. The summed E-state index contributed by atoms with van der Waals surface area (Å²) in [6, 6.07) is 3.83. The highest BCUT2D eigenvalue weighted by molar-refractivity contribution is 9.10. The Bertz CT molecular complexity index is 579. The third-order valence-electron chi connectivity index (χ3n) is 2.94. The van der Waals surface area contributed by atoms with E-state index in [4.69, 9.17) is 9.15 Å². The van der Waals surface area contributed by atoms with Gasteiger partial charge in [-0.05, 0) is 39.0 Å². The van der Waals surface area contributed by atoms with Crippen LogP contribution in [0.1, 0.15) is 32.1 Å². The van der Waals surface area contributed by atoms with Crippen LogP contribution in [0.5, 0.6) is 5.75 Å². The van der Waals surface area contributed by atoms with Gasteiger partial charge >= 0.3 is 0 Å². The molecular weight excluding hydrogens is 296 g/mol. The zero-order chi connectivity index (χ0) is 13.5. The number of fused-ring (bicyclic) bond motifs is 1. The van der Waals surface area contributed by atoms with Crippen molar-refractivity contribution < 1.29 is 14.3 Å². The van der Waals surface area contributed by atoms with Crippen molar-refractivity contribution in [2.45, 2.75) is 32.8 Å². The molecule has 98 valence electrons. The number of aliphatic hydroxyl groups excluding tert-OH is 1. The van der Waals surface area contributed by atoms with Crippen LogP contribution in [0.15, 0.2) is 21.0 Å². The molecule has 1 heterocycles. The van der Waals surface area contributed by atoms with Gasteiger partial charge in [-0.1, -0.05) is 20.8 Å². The minimum atomic E-state index is -0.116. The van der Waals surface area contributed by atoms with Gasteiger partial charge in [0.25, 0.3) is 0 Å². The lowest BCUT2D eigenvalue weighted by molar-refractivity contribution is 0.250. The van der Waals surface area contributed by atoms with Gasteiger partial charge in [0.2, 0.25) is 0 Å². The van der Waals surface area contributed by atoms with Gasteiger partial charge in [0, 0.05) is 9.86 Å². The average Bonchev–Trinajstić information content (AvgIpc) is 2.72. The third-order valence-corrected chi connectivity index (χ3v) is 3.79. The van der Waals surface area contributed by atoms with Crippen molar-refractivity contribution in [1.29, 1.82) is 0 Å². The summed E-state index contributed by atoms with van der Waals surface area (Å²) < 4.78 is 12.0. The number of halogens is 1. The highest BCUT2D eigenvalue weighted by Gasteiger charge is 2.23. The maximum absolute atomic E-state index is 9.17. The van der Waals surface area contributed by atoms with E-state index in [0.717, 1.165) is 15.4 Å². The van der Waals surface area contributed by atoms with Gasteiger partial charge in [-0.2, -0.15) is 0 Å². The second-order valence-corrected chi connectivity index (χ2v) is 6.10. The predicted molar refractivity (Wildman–Crippen MR) is 75.1 cm³/mol. The summed E-state index contributed by atoms with van der Waals surface area (Å²) in [6.07, 6.45) is 0. The van der Waals surface area contributed by atoms with Crippen LogP contribution in [0.25, 0.3) is 11.0 Å². The fraction of sp³-hybridized carbons (Fsp3) is 0.429. The molecule has 18 heavy (non-hydrogen) atoms. The first-order valence-electron chi connectivity index (χ1n) is 5.78. The quantitative estimate of drug-likeness (QED) is 0.911. The molecule has 0 aliphatic carbocycles. The van der Waals surface area contributed by atoms with Crippen LogP contribution in [-0.2, 0) is 12.0 Å². The molecule has 0 atom stereocenters. The number of aliphatic hydroxyl groups is 1. The zero-order valence-corrected chi connectivity index (χ0v) is 12.6. The van der Waals surface area contributed by atoms with Crippen LogP contribution < -0.4 is 4.74 Å². The maximum atomic E-state index is 9.17. The average molecular weight is 313 g/mol. The van der Waals surface area contributed by atoms with Gasteiger partial charge in [-0.15, -0.1) is 0 Å². The Labute approximate surface area is 115 Å². The molecule has 0 bridgehead atoms. The Balaban J connectivity index is 2.81. The molecule has 1 aromatic carbocycles. The van der Waals surface area contributed by atoms with Crippen molar-refractivity contribution in [3.8, 4) is 5.75 Å². The first-order chi connectivity index (χ1) is 8.38. The van der Waals surface area contributed by atoms with Gasteiger partial charge in [0.15, 0.2) is 11.3 Å². The molecule has 0 aliphatic rings. The van der Waals surface area contributed by atoms with Crippen molar-refractivity contribution in [1.82, 2.24) is 0 Å². The van der Waals surface area contributed by atoms with Crippen LogP contribution in [0, 0.1) is 0 Å². The molecule has 4 heteroatoms. The second-order valence-electron chi connectivity index (χ2n) is 5.30. The van der Waals surface area contributed by atoms with Crippen LogP contribution in [-0.4, -0.2) is 12.2 Å². The molecule has 0 amide bonds. The van der Waals surface area contributed by atoms with E-state index in [1.165, 1.54) is 0 Å².